The van der Waals surface area contributed by atoms with Gasteiger partial charge in [0.1, 0.15) is 6.07 Å². The summed E-state index contributed by atoms with van der Waals surface area (Å²) < 4.78 is 0. The van der Waals surface area contributed by atoms with Gasteiger partial charge in [-0.15, -0.1) is 0 Å². The van der Waals surface area contributed by atoms with Crippen LogP contribution < -0.4 is 11.1 Å². The maximum Gasteiger partial charge on any atom is 0.101 e. The molecule has 0 spiro atoms. The van der Waals surface area contributed by atoms with Crippen molar-refractivity contribution in [2.45, 2.75) is 20.3 Å². The first-order valence-corrected chi connectivity index (χ1v) is 5.63. The molecule has 1 aromatic carbocycles. The standard InChI is InChI=1S/C13H19N3O/c1-13(2,5-6-17)9-16-12-4-3-11(15)7-10(12)8-14/h3-4,7,16-17H,5-6,9,15H2,1-2H3. The summed E-state index contributed by atoms with van der Waals surface area (Å²) in [7, 11) is 0. The van der Waals surface area contributed by atoms with Crippen molar-refractivity contribution in [3.8, 4) is 6.07 Å². The van der Waals surface area contributed by atoms with Crippen molar-refractivity contribution in [2.75, 3.05) is 24.2 Å². The highest BCUT2D eigenvalue weighted by Crippen LogP contribution is 2.23. The number of aliphatic hydroxyl groups is 1. The van der Waals surface area contributed by atoms with E-state index in [2.05, 4.69) is 25.2 Å². The molecular weight excluding hydrogens is 214 g/mol. The van der Waals surface area contributed by atoms with E-state index in [0.29, 0.717) is 17.8 Å². The molecule has 0 aliphatic heterocycles. The topological polar surface area (TPSA) is 82.1 Å². The molecule has 0 aliphatic carbocycles. The maximum absolute atomic E-state index is 8.99. The summed E-state index contributed by atoms with van der Waals surface area (Å²) in [4.78, 5) is 0. The molecule has 0 fully saturated rings. The van der Waals surface area contributed by atoms with Gasteiger partial charge in [0, 0.05) is 18.8 Å². The Morgan fingerprint density at radius 2 is 2.18 bits per heavy atom. The predicted molar refractivity (Wildman–Crippen MR) is 69.5 cm³/mol. The molecule has 0 amide bonds. The molecule has 4 N–H and O–H groups in total. The molecule has 0 radical (unpaired) electrons. The van der Waals surface area contributed by atoms with Crippen LogP contribution in [-0.2, 0) is 0 Å². The van der Waals surface area contributed by atoms with Crippen LogP contribution in [0, 0.1) is 16.7 Å². The van der Waals surface area contributed by atoms with E-state index in [-0.39, 0.29) is 12.0 Å². The Morgan fingerprint density at radius 1 is 1.47 bits per heavy atom. The van der Waals surface area contributed by atoms with E-state index in [9.17, 15) is 0 Å². The number of nitrogens with zero attached hydrogens (tertiary/aromatic N) is 1. The molecule has 17 heavy (non-hydrogen) atoms. The first-order chi connectivity index (χ1) is 7.98. The Bertz CT molecular complexity index is 421. The van der Waals surface area contributed by atoms with Crippen LogP contribution in [0.2, 0.25) is 0 Å². The lowest BCUT2D eigenvalue weighted by Gasteiger charge is -2.24. The monoisotopic (exact) mass is 233 g/mol. The highest BCUT2D eigenvalue weighted by molar-refractivity contribution is 5.62. The molecule has 1 aromatic rings. The zero-order valence-corrected chi connectivity index (χ0v) is 10.3. The highest BCUT2D eigenvalue weighted by atomic mass is 16.3. The molecule has 0 saturated carbocycles. The minimum Gasteiger partial charge on any atom is -0.399 e. The van der Waals surface area contributed by atoms with Gasteiger partial charge >= 0.3 is 0 Å². The van der Waals surface area contributed by atoms with Crippen LogP contribution in [0.3, 0.4) is 0 Å². The van der Waals surface area contributed by atoms with Crippen molar-refractivity contribution in [2.24, 2.45) is 5.41 Å². The zero-order valence-electron chi connectivity index (χ0n) is 10.3. The number of nitrogens with one attached hydrogen (secondary N) is 1. The van der Waals surface area contributed by atoms with Crippen LogP contribution in [0.25, 0.3) is 0 Å². The second kappa shape index (κ2) is 5.55. The van der Waals surface area contributed by atoms with Crippen LogP contribution in [0.5, 0.6) is 0 Å². The van der Waals surface area contributed by atoms with Gasteiger partial charge in [-0.25, -0.2) is 0 Å². The number of nitriles is 1. The van der Waals surface area contributed by atoms with Gasteiger partial charge in [-0.1, -0.05) is 13.8 Å². The Kier molecular flexibility index (Phi) is 4.36. The zero-order chi connectivity index (χ0) is 12.9. The quantitative estimate of drug-likeness (QED) is 0.679. The second-order valence-electron chi connectivity index (χ2n) is 4.91. The highest BCUT2D eigenvalue weighted by Gasteiger charge is 2.17. The third kappa shape index (κ3) is 3.97. The van der Waals surface area contributed by atoms with Crippen molar-refractivity contribution in [1.29, 1.82) is 5.26 Å². The van der Waals surface area contributed by atoms with Crippen LogP contribution >= 0.6 is 0 Å². The van der Waals surface area contributed by atoms with Gasteiger partial charge in [0.2, 0.25) is 0 Å². The number of nitrogen functional groups attached to an aromatic ring is 1. The number of hydrogen-bond donors (Lipinski definition) is 3. The third-order valence-corrected chi connectivity index (χ3v) is 2.71. The molecule has 0 saturated heterocycles. The van der Waals surface area contributed by atoms with E-state index in [1.165, 1.54) is 0 Å². The minimum absolute atomic E-state index is 0.0110. The smallest absolute Gasteiger partial charge is 0.101 e. The molecule has 4 heteroatoms. The van der Waals surface area contributed by atoms with Gasteiger partial charge in [-0.2, -0.15) is 5.26 Å². The Hall–Kier alpha value is -1.73. The van der Waals surface area contributed by atoms with Gasteiger partial charge in [0.05, 0.1) is 11.3 Å². The number of nitrogens with two attached hydrogens (primary N) is 1. The van der Waals surface area contributed by atoms with E-state index in [1.54, 1.807) is 12.1 Å². The second-order valence-corrected chi connectivity index (χ2v) is 4.91. The Morgan fingerprint density at radius 3 is 2.76 bits per heavy atom. The number of aliphatic hydroxyl groups excluding tert-OH is 1. The first kappa shape index (κ1) is 13.3. The van der Waals surface area contributed by atoms with Crippen molar-refractivity contribution in [3.63, 3.8) is 0 Å². The van der Waals surface area contributed by atoms with Crippen LogP contribution in [0.4, 0.5) is 11.4 Å². The molecule has 92 valence electrons. The maximum atomic E-state index is 8.99. The predicted octanol–water partition coefficient (Wildman–Crippen LogP) is 1.96. The Labute approximate surface area is 102 Å². The fraction of sp³-hybridized carbons (Fsp3) is 0.462. The summed E-state index contributed by atoms with van der Waals surface area (Å²) in [5, 5.41) is 21.2. The molecule has 4 nitrogen and oxygen atoms in total. The lowest BCUT2D eigenvalue weighted by molar-refractivity contribution is 0.220. The summed E-state index contributed by atoms with van der Waals surface area (Å²) in [5.74, 6) is 0. The average molecular weight is 233 g/mol. The number of benzene rings is 1. The summed E-state index contributed by atoms with van der Waals surface area (Å²) in [6.07, 6.45) is 0.719. The van der Waals surface area contributed by atoms with Gasteiger partial charge in [0.15, 0.2) is 0 Å². The fourth-order valence-electron chi connectivity index (χ4n) is 1.53. The molecule has 1 rings (SSSR count). The first-order valence-electron chi connectivity index (χ1n) is 5.63. The van der Waals surface area contributed by atoms with Gasteiger partial charge < -0.3 is 16.2 Å². The number of anilines is 2. The normalized spacial score (nSPS) is 10.9. The van der Waals surface area contributed by atoms with E-state index >= 15 is 0 Å². The van der Waals surface area contributed by atoms with Crippen LogP contribution in [-0.4, -0.2) is 18.3 Å². The SMILES string of the molecule is CC(C)(CCO)CNc1ccc(N)cc1C#N. The fourth-order valence-corrected chi connectivity index (χ4v) is 1.53. The van der Waals surface area contributed by atoms with Gasteiger partial charge in [-0.05, 0) is 30.0 Å². The lowest BCUT2D eigenvalue weighted by atomic mass is 9.89. The van der Waals surface area contributed by atoms with Crippen LogP contribution in [0.1, 0.15) is 25.8 Å². The molecule has 0 bridgehead atoms. The van der Waals surface area contributed by atoms with Crippen molar-refractivity contribution in [3.05, 3.63) is 23.8 Å². The number of rotatable bonds is 5. The lowest BCUT2D eigenvalue weighted by Crippen LogP contribution is -2.24. The summed E-state index contributed by atoms with van der Waals surface area (Å²) in [6.45, 7) is 5.01. The molecular formula is C13H19N3O. The van der Waals surface area contributed by atoms with Crippen LogP contribution in [0.15, 0.2) is 18.2 Å². The Balaban J connectivity index is 2.73. The molecule has 0 atom stereocenters. The van der Waals surface area contributed by atoms with Gasteiger partial charge in [0.25, 0.3) is 0 Å². The van der Waals surface area contributed by atoms with Crippen molar-refractivity contribution >= 4 is 11.4 Å². The van der Waals surface area contributed by atoms with E-state index < -0.39 is 0 Å². The van der Waals surface area contributed by atoms with Crippen molar-refractivity contribution < 1.29 is 5.11 Å². The third-order valence-electron chi connectivity index (χ3n) is 2.71. The van der Waals surface area contributed by atoms with E-state index in [4.69, 9.17) is 16.1 Å². The largest absolute Gasteiger partial charge is 0.399 e. The van der Waals surface area contributed by atoms with E-state index in [0.717, 1.165) is 12.1 Å². The average Bonchev–Trinajstić information content (AvgIpc) is 2.27. The minimum atomic E-state index is -0.0110. The molecule has 0 aromatic heterocycles. The molecule has 0 unspecified atom stereocenters. The summed E-state index contributed by atoms with van der Waals surface area (Å²) in [6, 6.07) is 7.34. The summed E-state index contributed by atoms with van der Waals surface area (Å²) >= 11 is 0. The molecule has 0 heterocycles. The van der Waals surface area contributed by atoms with Crippen molar-refractivity contribution in [1.82, 2.24) is 0 Å². The number of hydrogen-bond acceptors (Lipinski definition) is 4. The molecule has 0 aliphatic rings. The van der Waals surface area contributed by atoms with E-state index in [1.807, 2.05) is 6.07 Å². The summed E-state index contributed by atoms with van der Waals surface area (Å²) in [5.41, 5.74) is 7.53. The van der Waals surface area contributed by atoms with Gasteiger partial charge in [-0.3, -0.25) is 0 Å².